The van der Waals surface area contributed by atoms with Gasteiger partial charge in [0.2, 0.25) is 5.91 Å². The Hall–Kier alpha value is -1.56. The fourth-order valence-electron chi connectivity index (χ4n) is 1.33. The second-order valence-electron chi connectivity index (χ2n) is 4.33. The lowest BCUT2D eigenvalue weighted by atomic mass is 10.1. The molecule has 0 saturated carbocycles. The van der Waals surface area contributed by atoms with E-state index in [1.54, 1.807) is 26.0 Å². The number of rotatable bonds is 4. The van der Waals surface area contributed by atoms with Crippen molar-refractivity contribution in [2.75, 3.05) is 19.5 Å². The minimum Gasteiger partial charge on any atom is -0.496 e. The quantitative estimate of drug-likeness (QED) is 0.681. The lowest BCUT2D eigenvalue weighted by molar-refractivity contribution is -0.117. The number of alkyl halides is 1. The van der Waals surface area contributed by atoms with Crippen LogP contribution in [0.2, 0.25) is 0 Å². The lowest BCUT2D eigenvalue weighted by Crippen LogP contribution is -2.31. The summed E-state index contributed by atoms with van der Waals surface area (Å²) in [6.07, 6.45) is 0. The molecule has 0 aromatic heterocycles. The number of carbonyl (C=O) groups excluding carboxylic acids is 2. The molecule has 1 aromatic rings. The first-order valence-electron chi connectivity index (χ1n) is 5.56. The van der Waals surface area contributed by atoms with Gasteiger partial charge in [0.25, 0.3) is 0 Å². The number of halogens is 1. The lowest BCUT2D eigenvalue weighted by Gasteiger charge is -2.16. The Morgan fingerprint density at radius 1 is 1.26 bits per heavy atom. The molecular formula is C13H16BrNO4. The average Bonchev–Trinajstić information content (AvgIpc) is 2.36. The van der Waals surface area contributed by atoms with Crippen LogP contribution in [0.3, 0.4) is 0 Å². The maximum absolute atomic E-state index is 11.8. The Balaban J connectivity index is 3.05. The topological polar surface area (TPSA) is 64.6 Å². The van der Waals surface area contributed by atoms with Gasteiger partial charge in [-0.05, 0) is 32.0 Å². The Kier molecular flexibility index (Phi) is 4.94. The molecular weight excluding hydrogens is 314 g/mol. The van der Waals surface area contributed by atoms with E-state index in [1.807, 2.05) is 0 Å². The summed E-state index contributed by atoms with van der Waals surface area (Å²) in [4.78, 5) is 23.4. The fraction of sp³-hybridized carbons (Fsp3) is 0.385. The monoisotopic (exact) mass is 329 g/mol. The van der Waals surface area contributed by atoms with E-state index in [-0.39, 0.29) is 11.5 Å². The highest BCUT2D eigenvalue weighted by atomic mass is 79.9. The Labute approximate surface area is 120 Å². The highest BCUT2D eigenvalue weighted by Gasteiger charge is 2.24. The fourth-order valence-corrected chi connectivity index (χ4v) is 1.43. The van der Waals surface area contributed by atoms with E-state index in [0.717, 1.165) is 0 Å². The molecule has 0 bridgehead atoms. The van der Waals surface area contributed by atoms with Gasteiger partial charge in [-0.2, -0.15) is 0 Å². The molecule has 0 aliphatic carbocycles. The van der Waals surface area contributed by atoms with Crippen molar-refractivity contribution >= 4 is 33.5 Å². The predicted octanol–water partition coefficient (Wildman–Crippen LogP) is 2.59. The van der Waals surface area contributed by atoms with E-state index in [1.165, 1.54) is 20.3 Å². The molecule has 0 unspecified atom stereocenters. The number of carbonyl (C=O) groups is 2. The van der Waals surface area contributed by atoms with Gasteiger partial charge >= 0.3 is 5.97 Å². The van der Waals surface area contributed by atoms with E-state index in [4.69, 9.17) is 4.74 Å². The van der Waals surface area contributed by atoms with Crippen LogP contribution in [0.1, 0.15) is 24.2 Å². The number of esters is 1. The zero-order valence-electron chi connectivity index (χ0n) is 11.2. The van der Waals surface area contributed by atoms with E-state index < -0.39 is 10.3 Å². The molecule has 5 nitrogen and oxygen atoms in total. The van der Waals surface area contributed by atoms with E-state index in [2.05, 4.69) is 26.0 Å². The summed E-state index contributed by atoms with van der Waals surface area (Å²) in [6.45, 7) is 3.46. The van der Waals surface area contributed by atoms with Gasteiger partial charge in [-0.25, -0.2) is 4.79 Å². The van der Waals surface area contributed by atoms with Crippen molar-refractivity contribution in [3.63, 3.8) is 0 Å². The normalized spacial score (nSPS) is 10.8. The Morgan fingerprint density at radius 3 is 2.37 bits per heavy atom. The zero-order chi connectivity index (χ0) is 14.6. The summed E-state index contributed by atoms with van der Waals surface area (Å²) in [5.74, 6) is -0.345. The molecule has 0 aliphatic rings. The van der Waals surface area contributed by atoms with Crippen molar-refractivity contribution < 1.29 is 19.1 Å². The molecule has 1 N–H and O–H groups in total. The van der Waals surface area contributed by atoms with Gasteiger partial charge in [0.15, 0.2) is 0 Å². The molecule has 1 amide bonds. The molecule has 104 valence electrons. The zero-order valence-corrected chi connectivity index (χ0v) is 12.8. The molecule has 19 heavy (non-hydrogen) atoms. The van der Waals surface area contributed by atoms with E-state index in [9.17, 15) is 9.59 Å². The average molecular weight is 330 g/mol. The number of methoxy groups -OCH3 is 2. The number of hydrogen-bond donors (Lipinski definition) is 1. The van der Waals surface area contributed by atoms with Crippen molar-refractivity contribution in [1.29, 1.82) is 0 Å². The van der Waals surface area contributed by atoms with Gasteiger partial charge in [-0.1, -0.05) is 15.9 Å². The molecule has 0 atom stereocenters. The summed E-state index contributed by atoms with van der Waals surface area (Å²) < 4.78 is 9.04. The van der Waals surface area contributed by atoms with Crippen molar-refractivity contribution in [2.45, 2.75) is 18.2 Å². The second kappa shape index (κ2) is 6.06. The summed E-state index contributed by atoms with van der Waals surface area (Å²) in [5.41, 5.74) is 0.758. The minimum atomic E-state index is -0.696. The summed E-state index contributed by atoms with van der Waals surface area (Å²) in [7, 11) is 2.75. The van der Waals surface area contributed by atoms with Gasteiger partial charge in [0.05, 0.1) is 18.5 Å². The number of benzene rings is 1. The molecule has 0 fully saturated rings. The van der Waals surface area contributed by atoms with Crippen LogP contribution in [0.4, 0.5) is 5.69 Å². The van der Waals surface area contributed by atoms with E-state index >= 15 is 0 Å². The van der Waals surface area contributed by atoms with Crippen molar-refractivity contribution in [2.24, 2.45) is 0 Å². The van der Waals surface area contributed by atoms with Gasteiger partial charge in [0.1, 0.15) is 11.3 Å². The summed E-state index contributed by atoms with van der Waals surface area (Å²) in [5, 5.41) is 2.70. The van der Waals surface area contributed by atoms with Crippen LogP contribution in [0.25, 0.3) is 0 Å². The number of ether oxygens (including phenoxy) is 2. The number of nitrogens with one attached hydrogen (secondary N) is 1. The molecule has 1 rings (SSSR count). The van der Waals surface area contributed by atoms with Crippen LogP contribution in [0.5, 0.6) is 5.75 Å². The van der Waals surface area contributed by atoms with Crippen LogP contribution >= 0.6 is 15.9 Å². The van der Waals surface area contributed by atoms with Crippen LogP contribution < -0.4 is 10.1 Å². The Morgan fingerprint density at radius 2 is 1.89 bits per heavy atom. The first-order valence-corrected chi connectivity index (χ1v) is 6.35. The van der Waals surface area contributed by atoms with Gasteiger partial charge < -0.3 is 14.8 Å². The highest BCUT2D eigenvalue weighted by Crippen LogP contribution is 2.25. The van der Waals surface area contributed by atoms with Gasteiger partial charge in [-0.3, -0.25) is 4.79 Å². The largest absolute Gasteiger partial charge is 0.496 e. The number of amides is 1. The van der Waals surface area contributed by atoms with Crippen molar-refractivity contribution in [3.8, 4) is 5.75 Å². The number of hydrogen-bond acceptors (Lipinski definition) is 4. The minimum absolute atomic E-state index is 0.214. The van der Waals surface area contributed by atoms with Gasteiger partial charge in [0, 0.05) is 5.69 Å². The molecule has 0 heterocycles. The molecule has 6 heteroatoms. The standard InChI is InChI=1S/C13H16BrNO4/c1-13(2,14)12(17)15-8-5-6-10(18-3)9(7-8)11(16)19-4/h5-7H,1-4H3,(H,15,17). The summed E-state index contributed by atoms with van der Waals surface area (Å²) >= 11 is 3.26. The van der Waals surface area contributed by atoms with Crippen LogP contribution in [0, 0.1) is 0 Å². The molecule has 0 spiro atoms. The van der Waals surface area contributed by atoms with Crippen LogP contribution in [-0.4, -0.2) is 30.4 Å². The van der Waals surface area contributed by atoms with Crippen LogP contribution in [0.15, 0.2) is 18.2 Å². The van der Waals surface area contributed by atoms with Gasteiger partial charge in [-0.15, -0.1) is 0 Å². The Bertz CT molecular complexity index is 494. The number of anilines is 1. The molecule has 0 aliphatic heterocycles. The maximum atomic E-state index is 11.8. The first kappa shape index (κ1) is 15.5. The summed E-state index contributed by atoms with van der Waals surface area (Å²) in [6, 6.07) is 4.77. The second-order valence-corrected chi connectivity index (χ2v) is 6.32. The molecule has 1 aromatic carbocycles. The third-order valence-corrected chi connectivity index (χ3v) is 2.76. The SMILES string of the molecule is COC(=O)c1cc(NC(=O)C(C)(C)Br)ccc1OC. The molecule has 0 saturated heterocycles. The third kappa shape index (κ3) is 3.96. The molecule has 0 radical (unpaired) electrons. The van der Waals surface area contributed by atoms with E-state index in [0.29, 0.717) is 11.4 Å². The first-order chi connectivity index (χ1) is 8.79. The predicted molar refractivity (Wildman–Crippen MR) is 76.0 cm³/mol. The van der Waals surface area contributed by atoms with Crippen molar-refractivity contribution in [3.05, 3.63) is 23.8 Å². The smallest absolute Gasteiger partial charge is 0.341 e. The highest BCUT2D eigenvalue weighted by molar-refractivity contribution is 9.10. The third-order valence-electron chi connectivity index (χ3n) is 2.40. The maximum Gasteiger partial charge on any atom is 0.341 e. The van der Waals surface area contributed by atoms with Crippen molar-refractivity contribution in [1.82, 2.24) is 0 Å². The van der Waals surface area contributed by atoms with Crippen LogP contribution in [-0.2, 0) is 9.53 Å².